The van der Waals surface area contributed by atoms with Crippen LogP contribution in [0.1, 0.15) is 18.2 Å². The number of nitriles is 1. The normalized spacial score (nSPS) is 10.6. The van der Waals surface area contributed by atoms with Gasteiger partial charge >= 0.3 is 5.69 Å². The monoisotopic (exact) mass is 264 g/mol. The maximum absolute atomic E-state index is 11.5. The summed E-state index contributed by atoms with van der Waals surface area (Å²) in [7, 11) is 1.76. The van der Waals surface area contributed by atoms with Gasteiger partial charge in [-0.3, -0.25) is 9.25 Å². The van der Waals surface area contributed by atoms with Gasteiger partial charge in [-0.25, -0.2) is 9.89 Å². The van der Waals surface area contributed by atoms with Gasteiger partial charge in [0.1, 0.15) is 16.7 Å². The Hall–Kier alpha value is -2.01. The van der Waals surface area contributed by atoms with E-state index in [4.69, 9.17) is 5.26 Å². The van der Waals surface area contributed by atoms with Crippen LogP contribution >= 0.6 is 11.8 Å². The largest absolute Gasteiger partial charge is 0.343 e. The maximum atomic E-state index is 11.5. The van der Waals surface area contributed by atoms with E-state index in [9.17, 15) is 4.79 Å². The van der Waals surface area contributed by atoms with Crippen LogP contribution in [0.15, 0.2) is 15.0 Å². The summed E-state index contributed by atoms with van der Waals surface area (Å²) in [5.74, 6) is 0. The van der Waals surface area contributed by atoms with Crippen molar-refractivity contribution in [3.05, 3.63) is 21.7 Å². The smallest absolute Gasteiger partial charge is 0.270 e. The highest BCUT2D eigenvalue weighted by molar-refractivity contribution is 7.99. The van der Waals surface area contributed by atoms with Gasteiger partial charge in [-0.15, -0.1) is 5.10 Å². The van der Waals surface area contributed by atoms with E-state index in [1.807, 2.05) is 6.92 Å². The molecular formula is C10H12N6OS. The van der Waals surface area contributed by atoms with Gasteiger partial charge in [0.15, 0.2) is 5.16 Å². The summed E-state index contributed by atoms with van der Waals surface area (Å²) in [6, 6.07) is 2.12. The van der Waals surface area contributed by atoms with Crippen molar-refractivity contribution in [1.29, 1.82) is 5.26 Å². The van der Waals surface area contributed by atoms with Crippen molar-refractivity contribution >= 4 is 11.8 Å². The van der Waals surface area contributed by atoms with E-state index in [2.05, 4.69) is 21.4 Å². The molecule has 94 valence electrons. The zero-order valence-corrected chi connectivity index (χ0v) is 11.1. The second kappa shape index (κ2) is 4.70. The molecule has 18 heavy (non-hydrogen) atoms. The third kappa shape index (κ3) is 1.93. The number of nitrogens with one attached hydrogen (secondary N) is 1. The van der Waals surface area contributed by atoms with E-state index in [0.29, 0.717) is 28.0 Å². The maximum Gasteiger partial charge on any atom is 0.343 e. The van der Waals surface area contributed by atoms with Crippen molar-refractivity contribution in [3.8, 4) is 6.07 Å². The molecule has 0 fully saturated rings. The van der Waals surface area contributed by atoms with Gasteiger partial charge in [-0.05, 0) is 25.6 Å². The quantitative estimate of drug-likeness (QED) is 0.879. The summed E-state index contributed by atoms with van der Waals surface area (Å²) < 4.78 is 3.13. The van der Waals surface area contributed by atoms with Gasteiger partial charge < -0.3 is 0 Å². The molecule has 0 aliphatic heterocycles. The lowest BCUT2D eigenvalue weighted by molar-refractivity contribution is 0.653. The Morgan fingerprint density at radius 1 is 1.56 bits per heavy atom. The fourth-order valence-corrected chi connectivity index (χ4v) is 2.68. The highest BCUT2D eigenvalue weighted by Crippen LogP contribution is 2.29. The molecule has 1 N–H and O–H groups in total. The predicted octanol–water partition coefficient (Wildman–Crippen LogP) is 0.656. The van der Waals surface area contributed by atoms with Crippen molar-refractivity contribution in [2.75, 3.05) is 0 Å². The first-order valence-electron chi connectivity index (χ1n) is 5.35. The minimum Gasteiger partial charge on any atom is -0.270 e. The van der Waals surface area contributed by atoms with Crippen LogP contribution in [0.4, 0.5) is 0 Å². The predicted molar refractivity (Wildman–Crippen MR) is 65.3 cm³/mol. The van der Waals surface area contributed by atoms with Crippen molar-refractivity contribution in [2.24, 2.45) is 7.05 Å². The van der Waals surface area contributed by atoms with Crippen molar-refractivity contribution < 1.29 is 0 Å². The lowest BCUT2D eigenvalue weighted by Gasteiger charge is -2.02. The zero-order chi connectivity index (χ0) is 13.3. The summed E-state index contributed by atoms with van der Waals surface area (Å²) in [4.78, 5) is 11.5. The first-order valence-corrected chi connectivity index (χ1v) is 6.16. The first-order chi connectivity index (χ1) is 8.58. The van der Waals surface area contributed by atoms with Gasteiger partial charge in [0.25, 0.3) is 0 Å². The number of H-pyrrole nitrogens is 1. The molecule has 0 saturated carbocycles. The van der Waals surface area contributed by atoms with Crippen LogP contribution in [0, 0.1) is 18.3 Å². The summed E-state index contributed by atoms with van der Waals surface area (Å²) in [6.45, 7) is 4.16. The van der Waals surface area contributed by atoms with Crippen molar-refractivity contribution in [3.63, 3.8) is 0 Å². The van der Waals surface area contributed by atoms with E-state index >= 15 is 0 Å². The van der Waals surface area contributed by atoms with E-state index in [0.717, 1.165) is 0 Å². The van der Waals surface area contributed by atoms with Gasteiger partial charge in [-0.2, -0.15) is 10.4 Å². The van der Waals surface area contributed by atoms with Gasteiger partial charge in [0.2, 0.25) is 0 Å². The highest BCUT2D eigenvalue weighted by Gasteiger charge is 2.17. The van der Waals surface area contributed by atoms with Crippen molar-refractivity contribution in [1.82, 2.24) is 24.5 Å². The molecule has 0 saturated heterocycles. The van der Waals surface area contributed by atoms with Crippen LogP contribution in [-0.4, -0.2) is 24.5 Å². The van der Waals surface area contributed by atoms with E-state index in [1.165, 1.54) is 16.3 Å². The SMILES string of the molecule is CCn1c(Sc2c(C#N)c(C)nn2C)n[nH]c1=O. The topological polar surface area (TPSA) is 92.3 Å². The average Bonchev–Trinajstić information content (AvgIpc) is 2.81. The Morgan fingerprint density at radius 2 is 2.28 bits per heavy atom. The molecule has 2 rings (SSSR count). The molecule has 0 amide bonds. The number of aromatic nitrogens is 5. The Kier molecular flexibility index (Phi) is 3.25. The van der Waals surface area contributed by atoms with Crippen LogP contribution < -0.4 is 5.69 Å². The second-order valence-corrected chi connectivity index (χ2v) is 4.61. The summed E-state index contributed by atoms with van der Waals surface area (Å²) >= 11 is 1.26. The summed E-state index contributed by atoms with van der Waals surface area (Å²) in [5, 5.41) is 20.9. The van der Waals surface area contributed by atoms with E-state index in [1.54, 1.807) is 18.7 Å². The summed E-state index contributed by atoms with van der Waals surface area (Å²) in [6.07, 6.45) is 0. The van der Waals surface area contributed by atoms with Gasteiger partial charge in [-0.1, -0.05) is 0 Å². The molecule has 2 heterocycles. The Labute approximate surface area is 107 Å². The molecule has 0 unspecified atom stereocenters. The molecule has 0 aliphatic rings. The highest BCUT2D eigenvalue weighted by atomic mass is 32.2. The van der Waals surface area contributed by atoms with Crippen LogP contribution in [0.3, 0.4) is 0 Å². The fraction of sp³-hybridized carbons (Fsp3) is 0.400. The Balaban J connectivity index is 2.47. The number of aromatic amines is 1. The zero-order valence-electron chi connectivity index (χ0n) is 10.3. The molecule has 0 aromatic carbocycles. The number of aryl methyl sites for hydroxylation is 2. The average molecular weight is 264 g/mol. The molecular weight excluding hydrogens is 252 g/mol. The fourth-order valence-electron chi connectivity index (χ4n) is 1.63. The summed E-state index contributed by atoms with van der Waals surface area (Å²) in [5.41, 5.74) is 0.932. The third-order valence-corrected chi connectivity index (χ3v) is 3.66. The van der Waals surface area contributed by atoms with Crippen LogP contribution in [0.25, 0.3) is 0 Å². The molecule has 8 heteroatoms. The number of nitrogens with zero attached hydrogens (tertiary/aromatic N) is 5. The molecule has 0 spiro atoms. The molecule has 7 nitrogen and oxygen atoms in total. The van der Waals surface area contributed by atoms with Crippen LogP contribution in [0.2, 0.25) is 0 Å². The molecule has 0 atom stereocenters. The standard InChI is InChI=1S/C10H12N6OS/c1-4-16-9(17)12-13-10(16)18-8-7(5-11)6(2)14-15(8)3/h4H2,1-3H3,(H,12,17). The first kappa shape index (κ1) is 12.4. The number of hydrogen-bond acceptors (Lipinski definition) is 5. The van der Waals surface area contributed by atoms with Crippen molar-refractivity contribution in [2.45, 2.75) is 30.6 Å². The van der Waals surface area contributed by atoms with Gasteiger partial charge in [0.05, 0.1) is 5.69 Å². The molecule has 0 aliphatic carbocycles. The van der Waals surface area contributed by atoms with E-state index in [-0.39, 0.29) is 5.69 Å². The molecule has 0 bridgehead atoms. The molecule has 2 aromatic heterocycles. The lowest BCUT2D eigenvalue weighted by Crippen LogP contribution is -2.16. The molecule has 2 aromatic rings. The third-order valence-electron chi connectivity index (χ3n) is 2.51. The second-order valence-electron chi connectivity index (χ2n) is 3.66. The van der Waals surface area contributed by atoms with Crippen LogP contribution in [0.5, 0.6) is 0 Å². The van der Waals surface area contributed by atoms with E-state index < -0.39 is 0 Å². The number of hydrogen-bond donors (Lipinski definition) is 1. The Bertz CT molecular complexity index is 674. The Morgan fingerprint density at radius 3 is 2.89 bits per heavy atom. The van der Waals surface area contributed by atoms with Crippen LogP contribution in [-0.2, 0) is 13.6 Å². The lowest BCUT2D eigenvalue weighted by atomic mass is 10.3. The molecule has 0 radical (unpaired) electrons. The number of rotatable bonds is 3. The minimum absolute atomic E-state index is 0.252. The minimum atomic E-state index is -0.252. The van der Waals surface area contributed by atoms with Gasteiger partial charge in [0, 0.05) is 13.6 Å².